The fourth-order valence-corrected chi connectivity index (χ4v) is 1.71. The van der Waals surface area contributed by atoms with Gasteiger partial charge >= 0.3 is 5.97 Å². The number of carbonyl (C=O) groups excluding carboxylic acids is 1. The van der Waals surface area contributed by atoms with Crippen molar-refractivity contribution in [1.82, 2.24) is 0 Å². The van der Waals surface area contributed by atoms with E-state index in [1.807, 2.05) is 0 Å². The maximum atomic E-state index is 10.9. The van der Waals surface area contributed by atoms with E-state index in [2.05, 4.69) is 4.74 Å². The van der Waals surface area contributed by atoms with Crippen LogP contribution in [-0.4, -0.2) is 13.1 Å². The number of halogens is 2. The average molecular weight is 327 g/mol. The fourth-order valence-electron chi connectivity index (χ4n) is 0.956. The van der Waals surface area contributed by atoms with Crippen LogP contribution in [0.2, 0.25) is 5.02 Å². The van der Waals surface area contributed by atoms with Crippen LogP contribution >= 0.6 is 34.6 Å². The van der Waals surface area contributed by atoms with E-state index in [-0.39, 0.29) is 12.4 Å². The van der Waals surface area contributed by atoms with Crippen molar-refractivity contribution < 1.29 is 12.6 Å². The van der Waals surface area contributed by atoms with Gasteiger partial charge in [-0.05, 0) is 17.7 Å². The summed E-state index contributed by atoms with van der Waals surface area (Å²) in [6.07, 6.45) is 0.220. The summed E-state index contributed by atoms with van der Waals surface area (Å²) in [5.41, 5.74) is 0.805. The molecule has 0 heterocycles. The second-order valence-electron chi connectivity index (χ2n) is 2.59. The van der Waals surface area contributed by atoms with Crippen LogP contribution in [0.25, 0.3) is 0 Å². The van der Waals surface area contributed by atoms with Gasteiger partial charge in [0.25, 0.3) is 0 Å². The average Bonchev–Trinajstić information content (AvgIpc) is 2.18. The highest BCUT2D eigenvalue weighted by Crippen LogP contribution is 2.27. The van der Waals surface area contributed by atoms with Gasteiger partial charge in [0.1, 0.15) is 0 Å². The zero-order valence-electron chi connectivity index (χ0n) is 7.42. The van der Waals surface area contributed by atoms with E-state index in [1.165, 1.54) is 7.11 Å². The second-order valence-corrected chi connectivity index (χ2v) is 3.44. The zero-order chi connectivity index (χ0) is 10.6. The molecule has 0 aliphatic heterocycles. The number of rotatable bonds is 3. The molecule has 14 heavy (non-hydrogen) atoms. The number of hydrogen-bond donors (Lipinski definition) is 0. The van der Waals surface area contributed by atoms with Crippen LogP contribution in [0.1, 0.15) is 5.56 Å². The van der Waals surface area contributed by atoms with Gasteiger partial charge in [0.2, 0.25) is 0 Å². The summed E-state index contributed by atoms with van der Waals surface area (Å²) in [5.74, 6) is 0.296. The van der Waals surface area contributed by atoms with Gasteiger partial charge in [-0.2, -0.15) is 0 Å². The lowest BCUT2D eigenvalue weighted by atomic mass is 10.1. The molecule has 0 aromatic heterocycles. The minimum absolute atomic E-state index is 0.220. The SMILES string of the molecule is COC(=O)Cc1ccc(OI)c(Cl)c1. The van der Waals surface area contributed by atoms with Crippen LogP contribution in [0.3, 0.4) is 0 Å². The van der Waals surface area contributed by atoms with Crippen molar-refractivity contribution in [3.05, 3.63) is 28.8 Å². The fraction of sp³-hybridized carbons (Fsp3) is 0.222. The van der Waals surface area contributed by atoms with Crippen molar-refractivity contribution in [1.29, 1.82) is 0 Å². The highest BCUT2D eigenvalue weighted by Gasteiger charge is 2.06. The quantitative estimate of drug-likeness (QED) is 0.633. The standard InChI is InChI=1S/C9H8ClIO3/c1-13-9(12)5-6-2-3-8(14-11)7(10)4-6/h2-4H,5H2,1H3. The molecule has 76 valence electrons. The molecule has 3 nitrogen and oxygen atoms in total. The molecule has 1 rings (SSSR count). The second kappa shape index (κ2) is 5.41. The van der Waals surface area contributed by atoms with Crippen molar-refractivity contribution in [2.24, 2.45) is 0 Å². The van der Waals surface area contributed by atoms with Crippen LogP contribution in [0.15, 0.2) is 18.2 Å². The Morgan fingerprint density at radius 1 is 1.57 bits per heavy atom. The molecule has 0 saturated carbocycles. The van der Waals surface area contributed by atoms with E-state index >= 15 is 0 Å². The first-order valence-corrected chi connectivity index (χ1v) is 5.07. The molecule has 1 aromatic carbocycles. The molecule has 1 aromatic rings. The molecule has 0 spiro atoms. The number of benzene rings is 1. The Bertz CT molecular complexity index is 341. The molecule has 0 saturated heterocycles. The number of esters is 1. The van der Waals surface area contributed by atoms with E-state index < -0.39 is 0 Å². The topological polar surface area (TPSA) is 35.5 Å². The van der Waals surface area contributed by atoms with Gasteiger partial charge in [0.15, 0.2) is 28.8 Å². The lowest BCUT2D eigenvalue weighted by Gasteiger charge is -2.03. The molecule has 0 aliphatic carbocycles. The molecule has 0 amide bonds. The zero-order valence-corrected chi connectivity index (χ0v) is 10.3. The van der Waals surface area contributed by atoms with Crippen LogP contribution in [0.5, 0.6) is 5.75 Å². The van der Waals surface area contributed by atoms with Gasteiger partial charge < -0.3 is 7.80 Å². The Balaban J connectivity index is 2.81. The molecule has 0 aliphatic rings. The van der Waals surface area contributed by atoms with Crippen molar-refractivity contribution in [2.45, 2.75) is 6.42 Å². The molecule has 0 N–H and O–H groups in total. The predicted molar refractivity (Wildman–Crippen MR) is 61.8 cm³/mol. The van der Waals surface area contributed by atoms with Crippen molar-refractivity contribution in [2.75, 3.05) is 7.11 Å². The lowest BCUT2D eigenvalue weighted by molar-refractivity contribution is -0.139. The molecular formula is C9H8ClIO3. The van der Waals surface area contributed by atoms with Crippen molar-refractivity contribution in [3.8, 4) is 5.75 Å². The van der Waals surface area contributed by atoms with Gasteiger partial charge in [-0.15, -0.1) is 0 Å². The number of carbonyl (C=O) groups is 1. The third kappa shape index (κ3) is 3.02. The molecule has 0 fully saturated rings. The molecule has 0 unspecified atom stereocenters. The Hall–Kier alpha value is -0.490. The van der Waals surface area contributed by atoms with Crippen LogP contribution in [0.4, 0.5) is 0 Å². The third-order valence-electron chi connectivity index (χ3n) is 1.66. The van der Waals surface area contributed by atoms with Gasteiger partial charge in [-0.1, -0.05) is 17.7 Å². The summed E-state index contributed by atoms with van der Waals surface area (Å²) in [5, 5.41) is 0.487. The Kier molecular flexibility index (Phi) is 4.47. The van der Waals surface area contributed by atoms with E-state index in [1.54, 1.807) is 41.2 Å². The van der Waals surface area contributed by atoms with E-state index in [0.717, 1.165) is 5.56 Å². The first-order valence-electron chi connectivity index (χ1n) is 3.81. The van der Waals surface area contributed by atoms with Crippen molar-refractivity contribution in [3.63, 3.8) is 0 Å². The van der Waals surface area contributed by atoms with E-state index in [9.17, 15) is 4.79 Å². The van der Waals surface area contributed by atoms with Crippen LogP contribution in [-0.2, 0) is 16.0 Å². The molecule has 0 radical (unpaired) electrons. The predicted octanol–water partition coefficient (Wildman–Crippen LogP) is 2.78. The number of hydrogen-bond acceptors (Lipinski definition) is 3. The number of ether oxygens (including phenoxy) is 1. The maximum absolute atomic E-state index is 10.9. The largest absolute Gasteiger partial charge is 0.469 e. The molecule has 0 bridgehead atoms. The van der Waals surface area contributed by atoms with Crippen LogP contribution < -0.4 is 3.07 Å². The van der Waals surface area contributed by atoms with Gasteiger partial charge in [-0.3, -0.25) is 4.79 Å². The van der Waals surface area contributed by atoms with Gasteiger partial charge in [-0.25, -0.2) is 0 Å². The highest BCUT2D eigenvalue weighted by atomic mass is 127. The summed E-state index contributed by atoms with van der Waals surface area (Å²) >= 11 is 7.62. The minimum Gasteiger partial charge on any atom is -0.469 e. The summed E-state index contributed by atoms with van der Waals surface area (Å²) < 4.78 is 9.49. The Morgan fingerprint density at radius 2 is 2.29 bits per heavy atom. The summed E-state index contributed by atoms with van der Waals surface area (Å²) in [7, 11) is 1.35. The molecule has 5 heteroatoms. The molecular weight excluding hydrogens is 318 g/mol. The Labute approximate surface area is 101 Å². The monoisotopic (exact) mass is 326 g/mol. The van der Waals surface area contributed by atoms with Gasteiger partial charge in [0.05, 0.1) is 18.6 Å². The van der Waals surface area contributed by atoms with Crippen molar-refractivity contribution >= 4 is 40.6 Å². The summed E-state index contributed by atoms with van der Waals surface area (Å²) in [6.45, 7) is 0. The first-order chi connectivity index (χ1) is 6.67. The minimum atomic E-state index is -0.288. The van der Waals surface area contributed by atoms with E-state index in [4.69, 9.17) is 14.7 Å². The van der Waals surface area contributed by atoms with Gasteiger partial charge in [0, 0.05) is 0 Å². The van der Waals surface area contributed by atoms with Crippen LogP contribution in [0, 0.1) is 0 Å². The number of methoxy groups -OCH3 is 1. The third-order valence-corrected chi connectivity index (χ3v) is 2.43. The highest BCUT2D eigenvalue weighted by molar-refractivity contribution is 14.1. The lowest BCUT2D eigenvalue weighted by Crippen LogP contribution is -2.04. The Morgan fingerprint density at radius 3 is 2.79 bits per heavy atom. The smallest absolute Gasteiger partial charge is 0.309 e. The maximum Gasteiger partial charge on any atom is 0.309 e. The first kappa shape index (κ1) is 11.6. The van der Waals surface area contributed by atoms with E-state index in [0.29, 0.717) is 10.8 Å². The normalized spacial score (nSPS) is 9.64. The molecule has 0 atom stereocenters. The summed E-state index contributed by atoms with van der Waals surface area (Å²) in [6, 6.07) is 5.18. The summed E-state index contributed by atoms with van der Waals surface area (Å²) in [4.78, 5) is 10.9.